The van der Waals surface area contributed by atoms with Crippen molar-refractivity contribution in [3.63, 3.8) is 0 Å². The molecule has 8 heteroatoms. The van der Waals surface area contributed by atoms with Gasteiger partial charge in [-0.1, -0.05) is 47.5 Å². The first-order chi connectivity index (χ1) is 15.2. The van der Waals surface area contributed by atoms with Crippen LogP contribution in [0.25, 0.3) is 0 Å². The summed E-state index contributed by atoms with van der Waals surface area (Å²) in [5.74, 6) is -0.665. The molecule has 4 rings (SSSR count). The Kier molecular flexibility index (Phi) is 7.15. The van der Waals surface area contributed by atoms with Crippen LogP contribution in [-0.4, -0.2) is 31.7 Å². The average molecular weight is 495 g/mol. The first-order valence-corrected chi connectivity index (χ1v) is 13.4. The zero-order valence-electron chi connectivity index (χ0n) is 18.1. The molecular formula is C24H28Cl2N2O3S. The van der Waals surface area contributed by atoms with E-state index in [9.17, 15) is 13.2 Å². The van der Waals surface area contributed by atoms with Crippen molar-refractivity contribution in [2.75, 3.05) is 13.1 Å². The molecule has 1 heterocycles. The molecular weight excluding hydrogens is 467 g/mol. The molecule has 2 aromatic carbocycles. The molecule has 2 aromatic rings. The zero-order chi connectivity index (χ0) is 22.9. The van der Waals surface area contributed by atoms with E-state index in [1.165, 1.54) is 21.9 Å². The molecule has 0 aromatic heterocycles. The van der Waals surface area contributed by atoms with E-state index in [0.717, 1.165) is 18.4 Å². The Bertz CT molecular complexity index is 1120. The number of nitrogens with zero attached hydrogens (tertiary/aromatic N) is 1. The number of fused-ring (bicyclic) bond motifs is 1. The van der Waals surface area contributed by atoms with Gasteiger partial charge in [0.15, 0.2) is 0 Å². The number of hydrogen-bond donors (Lipinski definition) is 1. The van der Waals surface area contributed by atoms with Gasteiger partial charge in [-0.25, -0.2) is 12.7 Å². The molecule has 1 fully saturated rings. The van der Waals surface area contributed by atoms with Gasteiger partial charge in [-0.3, -0.25) is 4.79 Å². The van der Waals surface area contributed by atoms with Crippen molar-refractivity contribution < 1.29 is 13.2 Å². The highest BCUT2D eigenvalue weighted by Gasteiger charge is 2.33. The standard InChI is InChI=1S/C24H28Cl2N2O3S/c1-16(18-8-7-17-4-2-5-19(17)12-18)27-24(29)20-6-3-11-28(14-20)32(30,31)15-21-9-10-22(25)13-23(21)26/h7-10,12-13,16,20H,2-6,11,14-15H2,1H3,(H,27,29)/t16-,20+/m0/s1. The molecule has 1 saturated heterocycles. The molecule has 0 radical (unpaired) electrons. The minimum absolute atomic E-state index is 0.0950. The summed E-state index contributed by atoms with van der Waals surface area (Å²) in [4.78, 5) is 13.0. The van der Waals surface area contributed by atoms with E-state index in [4.69, 9.17) is 23.2 Å². The van der Waals surface area contributed by atoms with Gasteiger partial charge in [0, 0.05) is 23.1 Å². The van der Waals surface area contributed by atoms with E-state index in [2.05, 4.69) is 23.5 Å². The van der Waals surface area contributed by atoms with Crippen molar-refractivity contribution in [2.45, 2.75) is 50.8 Å². The summed E-state index contributed by atoms with van der Waals surface area (Å²) < 4.78 is 27.5. The summed E-state index contributed by atoms with van der Waals surface area (Å²) >= 11 is 12.1. The largest absolute Gasteiger partial charge is 0.349 e. The molecule has 172 valence electrons. The van der Waals surface area contributed by atoms with Crippen LogP contribution in [0, 0.1) is 5.92 Å². The molecule has 0 bridgehead atoms. The number of hydrogen-bond acceptors (Lipinski definition) is 3. The van der Waals surface area contributed by atoms with Crippen LogP contribution in [0.1, 0.15) is 54.5 Å². The van der Waals surface area contributed by atoms with Gasteiger partial charge in [0.1, 0.15) is 0 Å². The number of amides is 1. The third-order valence-corrected chi connectivity index (χ3v) is 8.86. The lowest BCUT2D eigenvalue weighted by atomic mass is 9.97. The highest BCUT2D eigenvalue weighted by atomic mass is 35.5. The lowest BCUT2D eigenvalue weighted by molar-refractivity contribution is -0.126. The second kappa shape index (κ2) is 9.72. The van der Waals surface area contributed by atoms with E-state index < -0.39 is 10.0 Å². The molecule has 1 aliphatic heterocycles. The first kappa shape index (κ1) is 23.6. The van der Waals surface area contributed by atoms with Gasteiger partial charge in [-0.2, -0.15) is 0 Å². The van der Waals surface area contributed by atoms with E-state index in [0.29, 0.717) is 35.0 Å². The Hall–Kier alpha value is -1.60. The Morgan fingerprint density at radius 1 is 1.12 bits per heavy atom. The fourth-order valence-electron chi connectivity index (χ4n) is 4.61. The monoisotopic (exact) mass is 494 g/mol. The minimum atomic E-state index is -3.60. The average Bonchev–Trinajstić information content (AvgIpc) is 3.23. The Labute approximate surface area is 200 Å². The maximum Gasteiger partial charge on any atom is 0.224 e. The van der Waals surface area contributed by atoms with Crippen LogP contribution in [0.2, 0.25) is 10.0 Å². The lowest BCUT2D eigenvalue weighted by Gasteiger charge is -2.32. The van der Waals surface area contributed by atoms with Gasteiger partial charge in [-0.05, 0) is 73.4 Å². The summed E-state index contributed by atoms with van der Waals surface area (Å²) in [7, 11) is -3.60. The van der Waals surface area contributed by atoms with Gasteiger partial charge in [0.25, 0.3) is 0 Å². The summed E-state index contributed by atoms with van der Waals surface area (Å²) in [5, 5.41) is 3.89. The van der Waals surface area contributed by atoms with E-state index >= 15 is 0 Å². The van der Waals surface area contributed by atoms with E-state index in [-0.39, 0.29) is 30.2 Å². The van der Waals surface area contributed by atoms with Crippen LogP contribution in [-0.2, 0) is 33.4 Å². The second-order valence-corrected chi connectivity index (χ2v) is 11.6. The van der Waals surface area contributed by atoms with Crippen LogP contribution >= 0.6 is 23.2 Å². The quantitative estimate of drug-likeness (QED) is 0.620. The number of rotatable bonds is 6. The van der Waals surface area contributed by atoms with Crippen LogP contribution in [0.15, 0.2) is 36.4 Å². The van der Waals surface area contributed by atoms with Crippen molar-refractivity contribution in [2.24, 2.45) is 5.92 Å². The van der Waals surface area contributed by atoms with Gasteiger partial charge in [0.05, 0.1) is 17.7 Å². The fourth-order valence-corrected chi connectivity index (χ4v) is 6.81. The maximum absolute atomic E-state index is 13.0. The number of aryl methyl sites for hydroxylation is 2. The number of benzene rings is 2. The number of piperidine rings is 1. The van der Waals surface area contributed by atoms with Crippen molar-refractivity contribution in [1.82, 2.24) is 9.62 Å². The Morgan fingerprint density at radius 3 is 2.69 bits per heavy atom. The van der Waals surface area contributed by atoms with Gasteiger partial charge >= 0.3 is 0 Å². The summed E-state index contributed by atoms with van der Waals surface area (Å²) in [6, 6.07) is 11.1. The summed E-state index contributed by atoms with van der Waals surface area (Å²) in [5.41, 5.74) is 4.38. The van der Waals surface area contributed by atoms with Crippen LogP contribution < -0.4 is 5.32 Å². The molecule has 0 spiro atoms. The third-order valence-electron chi connectivity index (χ3n) is 6.48. The predicted molar refractivity (Wildman–Crippen MR) is 128 cm³/mol. The number of halogens is 2. The number of carbonyl (C=O) groups is 1. The highest BCUT2D eigenvalue weighted by molar-refractivity contribution is 7.88. The fraction of sp³-hybridized carbons (Fsp3) is 0.458. The molecule has 1 N–H and O–H groups in total. The van der Waals surface area contributed by atoms with E-state index in [1.54, 1.807) is 18.2 Å². The first-order valence-electron chi connectivity index (χ1n) is 11.1. The van der Waals surface area contributed by atoms with Crippen molar-refractivity contribution in [3.05, 3.63) is 68.7 Å². The molecule has 1 aliphatic carbocycles. The van der Waals surface area contributed by atoms with Crippen molar-refractivity contribution >= 4 is 39.1 Å². The Balaban J connectivity index is 1.39. The number of carbonyl (C=O) groups excluding carboxylic acids is 1. The Morgan fingerprint density at radius 2 is 1.91 bits per heavy atom. The topological polar surface area (TPSA) is 66.5 Å². The second-order valence-electron chi connectivity index (χ2n) is 8.80. The summed E-state index contributed by atoms with van der Waals surface area (Å²) in [6.07, 6.45) is 4.74. The number of nitrogens with one attached hydrogen (secondary N) is 1. The van der Waals surface area contributed by atoms with E-state index in [1.807, 2.05) is 6.92 Å². The van der Waals surface area contributed by atoms with Gasteiger partial charge < -0.3 is 5.32 Å². The predicted octanol–water partition coefficient (Wildman–Crippen LogP) is 4.90. The molecule has 0 unspecified atom stereocenters. The van der Waals surface area contributed by atoms with Crippen molar-refractivity contribution in [3.8, 4) is 0 Å². The third kappa shape index (κ3) is 5.30. The zero-order valence-corrected chi connectivity index (χ0v) is 20.4. The SMILES string of the molecule is C[C@H](NC(=O)[C@@H]1CCCN(S(=O)(=O)Cc2ccc(Cl)cc2Cl)C1)c1ccc2c(c1)CCC2. The lowest BCUT2D eigenvalue weighted by Crippen LogP contribution is -2.46. The van der Waals surface area contributed by atoms with Gasteiger partial charge in [0.2, 0.25) is 15.9 Å². The molecule has 32 heavy (non-hydrogen) atoms. The van der Waals surface area contributed by atoms with Crippen LogP contribution in [0.5, 0.6) is 0 Å². The number of sulfonamides is 1. The molecule has 0 saturated carbocycles. The molecule has 2 aliphatic rings. The summed E-state index contributed by atoms with van der Waals surface area (Å²) in [6.45, 7) is 2.59. The minimum Gasteiger partial charge on any atom is -0.349 e. The van der Waals surface area contributed by atoms with Crippen molar-refractivity contribution in [1.29, 1.82) is 0 Å². The highest BCUT2D eigenvalue weighted by Crippen LogP contribution is 2.28. The molecule has 1 amide bonds. The van der Waals surface area contributed by atoms with Gasteiger partial charge in [-0.15, -0.1) is 0 Å². The molecule has 2 atom stereocenters. The van der Waals surface area contributed by atoms with Crippen LogP contribution in [0.4, 0.5) is 0 Å². The normalized spacial score (nSPS) is 20.0. The smallest absolute Gasteiger partial charge is 0.224 e. The molecule has 5 nitrogen and oxygen atoms in total. The maximum atomic E-state index is 13.0. The van der Waals surface area contributed by atoms with Crippen LogP contribution in [0.3, 0.4) is 0 Å².